The molecule has 0 spiro atoms. The Hall–Kier alpha value is -2.86. The Labute approximate surface area is 145 Å². The number of hydrogen-bond acceptors (Lipinski definition) is 5. The molecule has 2 N–H and O–H groups in total. The minimum atomic E-state index is -0.365. The zero-order valence-electron chi connectivity index (χ0n) is 14.2. The van der Waals surface area contributed by atoms with Crippen LogP contribution in [0.5, 0.6) is 5.75 Å². The summed E-state index contributed by atoms with van der Waals surface area (Å²) in [6, 6.07) is 9.82. The molecular weight excluding hydrogens is 318 g/mol. The molecule has 0 saturated carbocycles. The van der Waals surface area contributed by atoms with Gasteiger partial charge in [0, 0.05) is 18.7 Å². The Morgan fingerprint density at radius 2 is 2.08 bits per heavy atom. The van der Waals surface area contributed by atoms with Crippen molar-refractivity contribution in [3.63, 3.8) is 0 Å². The fourth-order valence-electron chi connectivity index (χ4n) is 3.66. The van der Waals surface area contributed by atoms with Crippen LogP contribution in [0.2, 0.25) is 0 Å². The molecule has 0 bridgehead atoms. The third-order valence-electron chi connectivity index (χ3n) is 4.91. The zero-order chi connectivity index (χ0) is 17.6. The molecule has 128 valence electrons. The summed E-state index contributed by atoms with van der Waals surface area (Å²) in [5, 5.41) is 15.4. The van der Waals surface area contributed by atoms with Gasteiger partial charge in [-0.05, 0) is 53.9 Å². The van der Waals surface area contributed by atoms with Crippen molar-refractivity contribution in [3.05, 3.63) is 47.0 Å². The molecule has 0 aromatic heterocycles. The van der Waals surface area contributed by atoms with Crippen molar-refractivity contribution in [2.45, 2.75) is 13.0 Å². The van der Waals surface area contributed by atoms with E-state index in [1.807, 2.05) is 30.3 Å². The second-order valence-corrected chi connectivity index (χ2v) is 6.43. The topological polar surface area (TPSA) is 74.2 Å². The van der Waals surface area contributed by atoms with E-state index in [9.17, 15) is 10.0 Å². The lowest BCUT2D eigenvalue weighted by Crippen LogP contribution is -2.27. The Morgan fingerprint density at radius 1 is 1.24 bits per heavy atom. The molecule has 2 heterocycles. The van der Waals surface area contributed by atoms with Gasteiger partial charge in [0.25, 0.3) is 5.91 Å². The second kappa shape index (κ2) is 5.89. The second-order valence-electron chi connectivity index (χ2n) is 6.43. The zero-order valence-corrected chi connectivity index (χ0v) is 14.2. The van der Waals surface area contributed by atoms with Crippen molar-refractivity contribution >= 4 is 17.3 Å². The first-order valence-electron chi connectivity index (χ1n) is 8.18. The van der Waals surface area contributed by atoms with Crippen LogP contribution in [0.15, 0.2) is 35.5 Å². The van der Waals surface area contributed by atoms with E-state index in [0.29, 0.717) is 5.56 Å². The van der Waals surface area contributed by atoms with Gasteiger partial charge >= 0.3 is 0 Å². The highest BCUT2D eigenvalue weighted by atomic mass is 16.5. The van der Waals surface area contributed by atoms with E-state index < -0.39 is 0 Å². The van der Waals surface area contributed by atoms with E-state index in [0.717, 1.165) is 47.6 Å². The monoisotopic (exact) mass is 337 g/mol. The number of amides is 1. The predicted molar refractivity (Wildman–Crippen MR) is 95.4 cm³/mol. The number of anilines is 1. The molecule has 6 heteroatoms. The highest BCUT2D eigenvalue weighted by Gasteiger charge is 2.33. The molecule has 2 aromatic carbocycles. The average Bonchev–Trinajstić information content (AvgIpc) is 2.96. The molecule has 0 saturated heterocycles. The van der Waals surface area contributed by atoms with E-state index in [-0.39, 0.29) is 11.6 Å². The summed E-state index contributed by atoms with van der Waals surface area (Å²) < 4.78 is 5.35. The summed E-state index contributed by atoms with van der Waals surface area (Å²) >= 11 is 0. The summed E-state index contributed by atoms with van der Waals surface area (Å²) in [5.74, 6) is 0.417. The number of methoxy groups -OCH3 is 1. The standard InChI is InChI=1S/C19H19N3O3/c1-22-7-6-13-14(11-4-3-5-12(8-11)25-2)9-15-17(16(13)10-22)20-19(23)18(15)21-24/h3-5,8-9,24H,6-7,10H2,1-2H3,(H,20,21,23). The van der Waals surface area contributed by atoms with Crippen LogP contribution in [0.25, 0.3) is 11.1 Å². The van der Waals surface area contributed by atoms with Crippen molar-refractivity contribution in [1.29, 1.82) is 0 Å². The van der Waals surface area contributed by atoms with Crippen LogP contribution in [-0.4, -0.2) is 42.4 Å². The number of likely N-dealkylation sites (N-methyl/N-ethyl adjacent to an activating group) is 1. The number of nitrogens with zero attached hydrogens (tertiary/aromatic N) is 2. The number of rotatable bonds is 2. The van der Waals surface area contributed by atoms with Crippen LogP contribution < -0.4 is 10.1 Å². The van der Waals surface area contributed by atoms with Crippen LogP contribution >= 0.6 is 0 Å². The van der Waals surface area contributed by atoms with E-state index in [1.165, 1.54) is 5.56 Å². The molecule has 0 radical (unpaired) electrons. The Bertz CT molecular complexity index is 905. The molecule has 0 aliphatic carbocycles. The largest absolute Gasteiger partial charge is 0.497 e. The Morgan fingerprint density at radius 3 is 2.84 bits per heavy atom. The number of carbonyl (C=O) groups is 1. The molecule has 1 amide bonds. The van der Waals surface area contributed by atoms with Crippen LogP contribution in [0, 0.1) is 0 Å². The van der Waals surface area contributed by atoms with Crippen molar-refractivity contribution < 1.29 is 14.7 Å². The number of hydrogen-bond donors (Lipinski definition) is 2. The fourth-order valence-corrected chi connectivity index (χ4v) is 3.66. The van der Waals surface area contributed by atoms with Gasteiger partial charge in [-0.3, -0.25) is 4.79 Å². The first-order chi connectivity index (χ1) is 12.1. The van der Waals surface area contributed by atoms with Gasteiger partial charge in [-0.2, -0.15) is 0 Å². The molecule has 2 aliphatic heterocycles. The smallest absolute Gasteiger partial charge is 0.278 e. The number of nitrogens with one attached hydrogen (secondary N) is 1. The molecule has 0 fully saturated rings. The summed E-state index contributed by atoms with van der Waals surface area (Å²) in [6.45, 7) is 1.70. The molecule has 0 unspecified atom stereocenters. The van der Waals surface area contributed by atoms with Crippen molar-refractivity contribution in [1.82, 2.24) is 4.90 Å². The number of fused-ring (bicyclic) bond motifs is 3. The fraction of sp³-hybridized carbons (Fsp3) is 0.263. The molecular formula is C19H19N3O3. The van der Waals surface area contributed by atoms with E-state index in [1.54, 1.807) is 7.11 Å². The number of oxime groups is 1. The SMILES string of the molecule is COc1cccc(-c2cc3c(c4c2CCN(C)C4)NC(=O)/C3=N\O)c1. The van der Waals surface area contributed by atoms with Gasteiger partial charge in [0.2, 0.25) is 0 Å². The van der Waals surface area contributed by atoms with Crippen LogP contribution in [0.3, 0.4) is 0 Å². The van der Waals surface area contributed by atoms with Gasteiger partial charge < -0.3 is 20.2 Å². The number of ether oxygens (including phenoxy) is 1. The maximum Gasteiger partial charge on any atom is 0.278 e. The van der Waals surface area contributed by atoms with Crippen LogP contribution in [-0.2, 0) is 17.8 Å². The predicted octanol–water partition coefficient (Wildman–Crippen LogP) is 2.48. The third kappa shape index (κ3) is 2.46. The van der Waals surface area contributed by atoms with Crippen molar-refractivity contribution in [2.75, 3.05) is 26.0 Å². The summed E-state index contributed by atoms with van der Waals surface area (Å²) in [6.07, 6.45) is 0.896. The van der Waals surface area contributed by atoms with Crippen molar-refractivity contribution in [2.24, 2.45) is 5.16 Å². The summed E-state index contributed by atoms with van der Waals surface area (Å²) in [4.78, 5) is 14.4. The lowest BCUT2D eigenvalue weighted by molar-refractivity contribution is -0.110. The van der Waals surface area contributed by atoms with Crippen molar-refractivity contribution in [3.8, 4) is 16.9 Å². The third-order valence-corrected chi connectivity index (χ3v) is 4.91. The first-order valence-corrected chi connectivity index (χ1v) is 8.18. The van der Waals surface area contributed by atoms with Gasteiger partial charge in [0.15, 0.2) is 5.71 Å². The highest BCUT2D eigenvalue weighted by molar-refractivity contribution is 6.54. The minimum Gasteiger partial charge on any atom is -0.497 e. The molecule has 4 rings (SSSR count). The van der Waals surface area contributed by atoms with Gasteiger partial charge in [0.1, 0.15) is 5.75 Å². The maximum atomic E-state index is 12.1. The lowest BCUT2D eigenvalue weighted by atomic mass is 9.87. The summed E-state index contributed by atoms with van der Waals surface area (Å²) in [7, 11) is 3.71. The Balaban J connectivity index is 1.98. The quantitative estimate of drug-likeness (QED) is 0.652. The maximum absolute atomic E-state index is 12.1. The van der Waals surface area contributed by atoms with E-state index in [2.05, 4.69) is 22.4 Å². The van der Waals surface area contributed by atoms with Crippen LogP contribution in [0.4, 0.5) is 5.69 Å². The molecule has 2 aromatic rings. The van der Waals surface area contributed by atoms with Gasteiger partial charge in [-0.1, -0.05) is 17.3 Å². The van der Waals surface area contributed by atoms with Gasteiger partial charge in [-0.15, -0.1) is 0 Å². The summed E-state index contributed by atoms with van der Waals surface area (Å²) in [5.41, 5.74) is 5.89. The number of benzene rings is 2. The van der Waals surface area contributed by atoms with Gasteiger partial charge in [-0.25, -0.2) is 0 Å². The van der Waals surface area contributed by atoms with Gasteiger partial charge in [0.05, 0.1) is 12.8 Å². The average molecular weight is 337 g/mol. The molecule has 0 atom stereocenters. The number of carbonyl (C=O) groups excluding carboxylic acids is 1. The highest BCUT2D eigenvalue weighted by Crippen LogP contribution is 2.40. The molecule has 6 nitrogen and oxygen atoms in total. The van der Waals surface area contributed by atoms with E-state index >= 15 is 0 Å². The minimum absolute atomic E-state index is 0.0650. The van der Waals surface area contributed by atoms with E-state index in [4.69, 9.17) is 4.74 Å². The first kappa shape index (κ1) is 15.7. The normalized spacial score (nSPS) is 18.0. The van der Waals surface area contributed by atoms with Crippen LogP contribution in [0.1, 0.15) is 16.7 Å². The Kier molecular flexibility index (Phi) is 3.69. The molecule has 2 aliphatic rings. The molecule has 25 heavy (non-hydrogen) atoms. The lowest BCUT2D eigenvalue weighted by Gasteiger charge is -2.29.